The quantitative estimate of drug-likeness (QED) is 0.407. The number of nitrogens with zero attached hydrogens (tertiary/aromatic N) is 2. The maximum absolute atomic E-state index is 13.4. The fraction of sp³-hybridized carbons (Fsp3) is 0.429. The summed E-state index contributed by atoms with van der Waals surface area (Å²) in [6.07, 6.45) is -2.16. The van der Waals surface area contributed by atoms with Gasteiger partial charge in [-0.25, -0.2) is 0 Å². The van der Waals surface area contributed by atoms with Gasteiger partial charge < -0.3 is 10.1 Å². The van der Waals surface area contributed by atoms with E-state index in [-0.39, 0.29) is 23.5 Å². The molecule has 198 valence electrons. The number of nitrogens with one attached hydrogen (secondary N) is 2. The molecule has 1 amide bonds. The number of aromatic nitrogens is 2. The third kappa shape index (κ3) is 6.33. The Labute approximate surface area is 215 Å². The first-order valence-electron chi connectivity index (χ1n) is 12.4. The average Bonchev–Trinajstić information content (AvgIpc) is 3.47. The summed E-state index contributed by atoms with van der Waals surface area (Å²) in [5.41, 5.74) is 0.838. The Morgan fingerprint density at radius 2 is 1.81 bits per heavy atom. The number of hydrogen-bond acceptors (Lipinski definition) is 4. The fourth-order valence-corrected chi connectivity index (χ4v) is 4.53. The number of ether oxygens (including phenoxy) is 1. The van der Waals surface area contributed by atoms with Crippen molar-refractivity contribution in [2.75, 3.05) is 5.32 Å². The zero-order valence-electron chi connectivity index (χ0n) is 21.6. The molecule has 1 unspecified atom stereocenters. The minimum atomic E-state index is -4.46. The van der Waals surface area contributed by atoms with Crippen molar-refractivity contribution >= 4 is 11.6 Å². The van der Waals surface area contributed by atoms with Gasteiger partial charge in [0.2, 0.25) is 5.91 Å². The van der Waals surface area contributed by atoms with E-state index < -0.39 is 23.8 Å². The van der Waals surface area contributed by atoms with Crippen molar-refractivity contribution in [3.63, 3.8) is 0 Å². The van der Waals surface area contributed by atoms with Crippen molar-refractivity contribution in [1.29, 1.82) is 0 Å². The number of amides is 1. The van der Waals surface area contributed by atoms with Crippen molar-refractivity contribution in [3.8, 4) is 5.75 Å². The normalized spacial score (nSPS) is 20.3. The topological polar surface area (TPSA) is 68.2 Å². The number of carbonyl (C=O) groups is 1. The van der Waals surface area contributed by atoms with Gasteiger partial charge in [-0.05, 0) is 89.1 Å². The van der Waals surface area contributed by atoms with Crippen LogP contribution < -0.4 is 15.4 Å². The molecule has 2 N–H and O–H groups in total. The molecular weight excluding hydrogens is 481 g/mol. The molecule has 6 nitrogen and oxygen atoms in total. The van der Waals surface area contributed by atoms with Crippen LogP contribution in [-0.2, 0) is 16.5 Å². The molecule has 0 spiro atoms. The Balaban J connectivity index is 1.59. The van der Waals surface area contributed by atoms with E-state index >= 15 is 0 Å². The maximum atomic E-state index is 13.4. The van der Waals surface area contributed by atoms with E-state index in [0.29, 0.717) is 23.4 Å². The minimum absolute atomic E-state index is 0.0367. The van der Waals surface area contributed by atoms with E-state index in [0.717, 1.165) is 17.8 Å². The van der Waals surface area contributed by atoms with Gasteiger partial charge in [-0.2, -0.15) is 18.3 Å². The Morgan fingerprint density at radius 1 is 1.11 bits per heavy atom. The van der Waals surface area contributed by atoms with E-state index in [1.54, 1.807) is 30.3 Å². The number of alkyl halides is 3. The lowest BCUT2D eigenvalue weighted by atomic mass is 9.90. The van der Waals surface area contributed by atoms with Gasteiger partial charge in [-0.15, -0.1) is 0 Å². The molecule has 2 heterocycles. The zero-order valence-corrected chi connectivity index (χ0v) is 21.6. The highest BCUT2D eigenvalue weighted by Gasteiger charge is 2.41. The number of anilines is 1. The van der Waals surface area contributed by atoms with Gasteiger partial charge in [0.05, 0.1) is 28.9 Å². The maximum Gasteiger partial charge on any atom is 0.416 e. The lowest BCUT2D eigenvalue weighted by Gasteiger charge is -2.21. The fourth-order valence-electron chi connectivity index (χ4n) is 4.53. The van der Waals surface area contributed by atoms with Crippen LogP contribution in [0.25, 0.3) is 0 Å². The van der Waals surface area contributed by atoms with Crippen LogP contribution in [0, 0.1) is 0 Å². The first-order valence-corrected chi connectivity index (χ1v) is 12.4. The number of halogens is 3. The van der Waals surface area contributed by atoms with E-state index in [2.05, 4.69) is 10.6 Å². The molecule has 3 aromatic rings. The van der Waals surface area contributed by atoms with Crippen LogP contribution in [0.3, 0.4) is 0 Å². The van der Waals surface area contributed by atoms with Gasteiger partial charge in [0, 0.05) is 23.8 Å². The Hall–Kier alpha value is -3.33. The summed E-state index contributed by atoms with van der Waals surface area (Å²) < 4.78 is 47.8. The first-order chi connectivity index (χ1) is 17.3. The summed E-state index contributed by atoms with van der Waals surface area (Å²) in [7, 11) is 0. The van der Waals surface area contributed by atoms with E-state index in [1.807, 2.05) is 51.6 Å². The lowest BCUT2D eigenvalue weighted by Crippen LogP contribution is -2.36. The van der Waals surface area contributed by atoms with Crippen LogP contribution in [-0.4, -0.2) is 27.8 Å². The smallest absolute Gasteiger partial charge is 0.416 e. The van der Waals surface area contributed by atoms with Crippen LogP contribution in [0.1, 0.15) is 69.8 Å². The van der Waals surface area contributed by atoms with Crippen LogP contribution >= 0.6 is 0 Å². The second-order valence-electron chi connectivity index (χ2n) is 10.7. The highest BCUT2D eigenvalue weighted by molar-refractivity contribution is 5.95. The number of rotatable bonds is 6. The Bertz CT molecular complexity index is 1230. The number of benzene rings is 2. The van der Waals surface area contributed by atoms with Gasteiger partial charge in [-0.3, -0.25) is 14.8 Å². The van der Waals surface area contributed by atoms with E-state index in [4.69, 9.17) is 9.84 Å². The first kappa shape index (κ1) is 26.7. The molecule has 0 aliphatic carbocycles. The zero-order chi connectivity index (χ0) is 27.0. The largest absolute Gasteiger partial charge is 0.491 e. The lowest BCUT2D eigenvalue weighted by molar-refractivity contribution is -0.137. The molecule has 3 atom stereocenters. The number of carbonyl (C=O) groups excluding carboxylic acids is 1. The van der Waals surface area contributed by atoms with Gasteiger partial charge in [0.1, 0.15) is 5.75 Å². The minimum Gasteiger partial charge on any atom is -0.491 e. The number of hydrogen-bond donors (Lipinski definition) is 2. The van der Waals surface area contributed by atoms with Gasteiger partial charge >= 0.3 is 6.18 Å². The molecule has 1 aliphatic heterocycles. The molecule has 9 heteroatoms. The average molecular weight is 515 g/mol. The van der Waals surface area contributed by atoms with Crippen LogP contribution in [0.2, 0.25) is 0 Å². The third-order valence-electron chi connectivity index (χ3n) is 6.33. The highest BCUT2D eigenvalue weighted by atomic mass is 19.4. The standard InChI is InChI=1S/C28H33F3N4O2/c1-17(2)37-21-11-9-20(10-12-21)32-26(36)24-16-22(23-13-14-35(34-23)27(3,4)5)25(33-24)18-7-6-8-19(15-18)28(29,30)31/h6-15,17,22,24-25,33H,16H2,1-5H3,(H,32,36)/t22?,24-,25-/m0/s1. The predicted octanol–water partition coefficient (Wildman–Crippen LogP) is 6.27. The molecule has 2 aromatic carbocycles. The summed E-state index contributed by atoms with van der Waals surface area (Å²) in [6.45, 7) is 9.94. The highest BCUT2D eigenvalue weighted by Crippen LogP contribution is 2.41. The van der Waals surface area contributed by atoms with Crippen LogP contribution in [0.15, 0.2) is 60.8 Å². The molecule has 0 saturated carbocycles. The molecule has 0 bridgehead atoms. The van der Waals surface area contributed by atoms with Crippen molar-refractivity contribution in [3.05, 3.63) is 77.6 Å². The monoisotopic (exact) mass is 514 g/mol. The summed E-state index contributed by atoms with van der Waals surface area (Å²) in [5, 5.41) is 10.9. The Kier molecular flexibility index (Phi) is 7.37. The van der Waals surface area contributed by atoms with Crippen molar-refractivity contribution in [2.45, 2.75) is 76.9 Å². The van der Waals surface area contributed by atoms with Gasteiger partial charge in [-0.1, -0.05) is 12.1 Å². The van der Waals surface area contributed by atoms with Crippen LogP contribution in [0.4, 0.5) is 18.9 Å². The molecule has 37 heavy (non-hydrogen) atoms. The van der Waals surface area contributed by atoms with Gasteiger partial charge in [0.25, 0.3) is 0 Å². The summed E-state index contributed by atoms with van der Waals surface area (Å²) in [6, 6.07) is 13.1. The van der Waals surface area contributed by atoms with Crippen molar-refractivity contribution in [2.24, 2.45) is 0 Å². The summed E-state index contributed by atoms with van der Waals surface area (Å²) >= 11 is 0. The molecule has 1 fully saturated rings. The van der Waals surface area contributed by atoms with Crippen molar-refractivity contribution < 1.29 is 22.7 Å². The second kappa shape index (κ2) is 10.2. The summed E-state index contributed by atoms with van der Waals surface area (Å²) in [4.78, 5) is 13.2. The van der Waals surface area contributed by atoms with Gasteiger partial charge in [0.15, 0.2) is 0 Å². The molecule has 4 rings (SSSR count). The van der Waals surface area contributed by atoms with Crippen LogP contribution in [0.5, 0.6) is 5.75 Å². The van der Waals surface area contributed by atoms with E-state index in [9.17, 15) is 18.0 Å². The molecular formula is C28H33F3N4O2. The Morgan fingerprint density at radius 3 is 2.41 bits per heavy atom. The molecule has 1 aliphatic rings. The third-order valence-corrected chi connectivity index (χ3v) is 6.33. The molecule has 0 radical (unpaired) electrons. The van der Waals surface area contributed by atoms with Crippen molar-refractivity contribution in [1.82, 2.24) is 15.1 Å². The summed E-state index contributed by atoms with van der Waals surface area (Å²) in [5.74, 6) is 0.156. The second-order valence-corrected chi connectivity index (χ2v) is 10.7. The molecule has 1 saturated heterocycles. The predicted molar refractivity (Wildman–Crippen MR) is 137 cm³/mol. The van der Waals surface area contributed by atoms with E-state index in [1.165, 1.54) is 6.07 Å². The SMILES string of the molecule is CC(C)Oc1ccc(NC(=O)[C@@H]2CC(c3ccn(C(C)(C)C)n3)[C@H](c3cccc(C(F)(F)F)c3)N2)cc1. The molecule has 1 aromatic heterocycles.